The Labute approximate surface area is 163 Å². The van der Waals surface area contributed by atoms with E-state index in [2.05, 4.69) is 23.8 Å². The van der Waals surface area contributed by atoms with Crippen molar-refractivity contribution in [1.82, 2.24) is 29.6 Å². The molecule has 1 atom stereocenters. The molecule has 1 saturated carbocycles. The largest absolute Gasteiger partial charge is 0.326 e. The average Bonchev–Trinajstić information content (AvgIpc) is 3.46. The van der Waals surface area contributed by atoms with Gasteiger partial charge in [-0.3, -0.25) is 14.8 Å². The van der Waals surface area contributed by atoms with Crippen LogP contribution in [0.1, 0.15) is 67.1 Å². The van der Waals surface area contributed by atoms with Gasteiger partial charge in [-0.1, -0.05) is 19.9 Å². The Kier molecular flexibility index (Phi) is 4.10. The van der Waals surface area contributed by atoms with Gasteiger partial charge in [-0.2, -0.15) is 5.10 Å². The van der Waals surface area contributed by atoms with Crippen molar-refractivity contribution in [2.24, 2.45) is 5.92 Å². The molecule has 1 amide bonds. The van der Waals surface area contributed by atoms with E-state index in [1.807, 2.05) is 27.8 Å². The summed E-state index contributed by atoms with van der Waals surface area (Å²) < 4.78 is 2.02. The van der Waals surface area contributed by atoms with Crippen molar-refractivity contribution >= 4 is 16.9 Å². The number of fused-ring (bicyclic) bond motifs is 2. The molecule has 2 aliphatic rings. The Hall–Kier alpha value is -2.83. The highest BCUT2D eigenvalue weighted by atomic mass is 16.2. The minimum atomic E-state index is -0.0619. The van der Waals surface area contributed by atoms with E-state index in [1.54, 1.807) is 12.4 Å². The third kappa shape index (κ3) is 2.95. The Bertz CT molecular complexity index is 1030. The zero-order chi connectivity index (χ0) is 19.3. The molecule has 3 heterocycles. The second-order valence-electron chi connectivity index (χ2n) is 8.20. The van der Waals surface area contributed by atoms with Gasteiger partial charge in [0.1, 0.15) is 11.3 Å². The van der Waals surface area contributed by atoms with Crippen LogP contribution >= 0.6 is 0 Å². The first-order valence-corrected chi connectivity index (χ1v) is 10.1. The monoisotopic (exact) mass is 376 g/mol. The number of carbonyl (C=O) groups is 1. The number of rotatable bonds is 4. The summed E-state index contributed by atoms with van der Waals surface area (Å²) in [5, 5.41) is 4.73. The molecule has 7 heteroatoms. The highest BCUT2D eigenvalue weighted by molar-refractivity contribution is 6.04. The molecule has 144 valence electrons. The molecule has 1 fully saturated rings. The van der Waals surface area contributed by atoms with Gasteiger partial charge in [0.25, 0.3) is 5.91 Å². The van der Waals surface area contributed by atoms with Gasteiger partial charge < -0.3 is 4.90 Å². The van der Waals surface area contributed by atoms with Crippen molar-refractivity contribution in [3.05, 3.63) is 47.8 Å². The molecule has 28 heavy (non-hydrogen) atoms. The molecular formula is C21H24N6O. The Morgan fingerprint density at radius 1 is 1.18 bits per heavy atom. The molecular weight excluding hydrogens is 352 g/mol. The third-order valence-electron chi connectivity index (χ3n) is 5.57. The molecule has 2 aromatic heterocycles. The zero-order valence-corrected chi connectivity index (χ0v) is 16.2. The molecule has 3 aromatic rings. The Balaban J connectivity index is 1.54. The number of carbonyl (C=O) groups excluding carboxylic acids is 1. The fourth-order valence-electron chi connectivity index (χ4n) is 4.04. The second kappa shape index (κ2) is 6.65. The number of hydrogen-bond acceptors (Lipinski definition) is 5. The number of aromatic nitrogens is 5. The molecule has 0 spiro atoms. The SMILES string of the molecule is CC(C)C[C@H]1c2nc(C3CC3)nn2CCN1C(=O)c1cccc2nccnc12. The zero-order valence-electron chi connectivity index (χ0n) is 16.2. The highest BCUT2D eigenvalue weighted by Crippen LogP contribution is 2.40. The van der Waals surface area contributed by atoms with E-state index >= 15 is 0 Å². The van der Waals surface area contributed by atoms with Gasteiger partial charge in [-0.05, 0) is 37.3 Å². The van der Waals surface area contributed by atoms with Crippen molar-refractivity contribution in [2.75, 3.05) is 6.54 Å². The standard InChI is InChI=1S/C21H24N6O/c1-13(2)12-17-20-24-19(14-6-7-14)25-27(20)11-10-26(17)21(28)15-4-3-5-16-18(15)23-9-8-22-16/h3-5,8-9,13-14,17H,6-7,10-12H2,1-2H3/t17-/m0/s1. The predicted octanol–water partition coefficient (Wildman–Crippen LogP) is 3.34. The molecule has 0 unspecified atom stereocenters. The molecule has 0 radical (unpaired) electrons. The summed E-state index contributed by atoms with van der Waals surface area (Å²) in [6.45, 7) is 5.69. The molecule has 0 N–H and O–H groups in total. The number of amides is 1. The van der Waals surface area contributed by atoms with Crippen LogP contribution in [-0.2, 0) is 6.54 Å². The van der Waals surface area contributed by atoms with Gasteiger partial charge in [0.05, 0.1) is 23.7 Å². The number of nitrogens with zero attached hydrogens (tertiary/aromatic N) is 6. The molecule has 1 aromatic carbocycles. The van der Waals surface area contributed by atoms with Crippen LogP contribution in [0.4, 0.5) is 0 Å². The van der Waals surface area contributed by atoms with Crippen LogP contribution in [-0.4, -0.2) is 42.1 Å². The van der Waals surface area contributed by atoms with Gasteiger partial charge in [-0.25, -0.2) is 9.67 Å². The van der Waals surface area contributed by atoms with Crippen molar-refractivity contribution in [1.29, 1.82) is 0 Å². The molecule has 1 aliphatic heterocycles. The number of benzene rings is 1. The van der Waals surface area contributed by atoms with E-state index in [0.29, 0.717) is 36.0 Å². The van der Waals surface area contributed by atoms with Crippen LogP contribution in [0.25, 0.3) is 11.0 Å². The summed E-state index contributed by atoms with van der Waals surface area (Å²) in [5.74, 6) is 2.84. The highest BCUT2D eigenvalue weighted by Gasteiger charge is 2.37. The predicted molar refractivity (Wildman–Crippen MR) is 105 cm³/mol. The van der Waals surface area contributed by atoms with Crippen molar-refractivity contribution in [3.8, 4) is 0 Å². The lowest BCUT2D eigenvalue weighted by Crippen LogP contribution is -2.43. The average molecular weight is 376 g/mol. The second-order valence-corrected chi connectivity index (χ2v) is 8.20. The third-order valence-corrected chi connectivity index (χ3v) is 5.57. The Morgan fingerprint density at radius 3 is 2.79 bits per heavy atom. The first kappa shape index (κ1) is 17.3. The lowest BCUT2D eigenvalue weighted by atomic mass is 9.99. The van der Waals surface area contributed by atoms with E-state index in [-0.39, 0.29) is 11.9 Å². The van der Waals surface area contributed by atoms with Crippen LogP contribution in [0.5, 0.6) is 0 Å². The summed E-state index contributed by atoms with van der Waals surface area (Å²) in [5.41, 5.74) is 2.00. The lowest BCUT2D eigenvalue weighted by molar-refractivity contribution is 0.0580. The molecule has 1 aliphatic carbocycles. The molecule has 5 rings (SSSR count). The van der Waals surface area contributed by atoms with Crippen molar-refractivity contribution < 1.29 is 4.79 Å². The summed E-state index contributed by atoms with van der Waals surface area (Å²) in [4.78, 5) is 29.2. The topological polar surface area (TPSA) is 76.8 Å². The van der Waals surface area contributed by atoms with Crippen molar-refractivity contribution in [2.45, 2.75) is 51.6 Å². The first-order valence-electron chi connectivity index (χ1n) is 10.1. The van der Waals surface area contributed by atoms with Crippen LogP contribution in [0.3, 0.4) is 0 Å². The minimum absolute atomic E-state index is 0.000952. The fourth-order valence-corrected chi connectivity index (χ4v) is 4.04. The quantitative estimate of drug-likeness (QED) is 0.698. The molecule has 7 nitrogen and oxygen atoms in total. The van der Waals surface area contributed by atoms with Gasteiger partial charge in [-0.15, -0.1) is 0 Å². The lowest BCUT2D eigenvalue weighted by Gasteiger charge is -2.36. The van der Waals surface area contributed by atoms with E-state index in [9.17, 15) is 4.79 Å². The van der Waals surface area contributed by atoms with Crippen LogP contribution in [0.15, 0.2) is 30.6 Å². The van der Waals surface area contributed by atoms with Crippen LogP contribution < -0.4 is 0 Å². The summed E-state index contributed by atoms with van der Waals surface area (Å²) in [7, 11) is 0. The summed E-state index contributed by atoms with van der Waals surface area (Å²) >= 11 is 0. The normalized spacial score (nSPS) is 19.2. The van der Waals surface area contributed by atoms with E-state index in [1.165, 1.54) is 12.8 Å². The maximum Gasteiger partial charge on any atom is 0.256 e. The molecule has 0 bridgehead atoms. The summed E-state index contributed by atoms with van der Waals surface area (Å²) in [6, 6.07) is 5.55. The number of para-hydroxylation sites is 1. The Morgan fingerprint density at radius 2 is 2.00 bits per heavy atom. The first-order chi connectivity index (χ1) is 13.6. The van der Waals surface area contributed by atoms with Crippen LogP contribution in [0.2, 0.25) is 0 Å². The van der Waals surface area contributed by atoms with Crippen LogP contribution in [0, 0.1) is 5.92 Å². The van der Waals surface area contributed by atoms with Gasteiger partial charge in [0, 0.05) is 24.9 Å². The van der Waals surface area contributed by atoms with E-state index < -0.39 is 0 Å². The molecule has 0 saturated heterocycles. The van der Waals surface area contributed by atoms with Gasteiger partial charge in [0.2, 0.25) is 0 Å². The maximum absolute atomic E-state index is 13.6. The maximum atomic E-state index is 13.6. The fraction of sp³-hybridized carbons (Fsp3) is 0.476. The smallest absolute Gasteiger partial charge is 0.256 e. The van der Waals surface area contributed by atoms with E-state index in [0.717, 1.165) is 23.6 Å². The van der Waals surface area contributed by atoms with Crippen molar-refractivity contribution in [3.63, 3.8) is 0 Å². The van der Waals surface area contributed by atoms with Gasteiger partial charge in [0.15, 0.2) is 5.82 Å². The van der Waals surface area contributed by atoms with Gasteiger partial charge >= 0.3 is 0 Å². The minimum Gasteiger partial charge on any atom is -0.326 e. The van der Waals surface area contributed by atoms with E-state index in [4.69, 9.17) is 10.1 Å². The summed E-state index contributed by atoms with van der Waals surface area (Å²) in [6.07, 6.45) is 6.51. The number of hydrogen-bond donors (Lipinski definition) is 0.